The second kappa shape index (κ2) is 5.00. The van der Waals surface area contributed by atoms with Crippen molar-refractivity contribution in [3.63, 3.8) is 0 Å². The first-order valence-corrected chi connectivity index (χ1v) is 6.69. The van der Waals surface area contributed by atoms with Gasteiger partial charge in [0.25, 0.3) is 5.91 Å². The Morgan fingerprint density at radius 3 is 2.78 bits per heavy atom. The number of nitrogens with one attached hydrogen (secondary N) is 1. The molecule has 1 aliphatic carbocycles. The molecule has 0 spiro atoms. The van der Waals surface area contributed by atoms with Crippen LogP contribution in [0.15, 0.2) is 6.20 Å². The summed E-state index contributed by atoms with van der Waals surface area (Å²) in [6.45, 7) is 4.72. The van der Waals surface area contributed by atoms with Crippen LogP contribution in [0.5, 0.6) is 0 Å². The van der Waals surface area contributed by atoms with Gasteiger partial charge in [0, 0.05) is 12.1 Å². The van der Waals surface area contributed by atoms with Crippen molar-refractivity contribution in [2.75, 3.05) is 5.73 Å². The molecule has 1 amide bonds. The molecule has 5 nitrogen and oxygen atoms in total. The van der Waals surface area contributed by atoms with Gasteiger partial charge in [-0.05, 0) is 26.7 Å². The molecule has 1 aromatic heterocycles. The number of nitrogen functional groups attached to an aromatic ring is 1. The monoisotopic (exact) mass is 250 g/mol. The van der Waals surface area contributed by atoms with Crippen LogP contribution in [0.2, 0.25) is 0 Å². The minimum Gasteiger partial charge on any atom is -0.396 e. The minimum atomic E-state index is -0.101. The molecule has 3 N–H and O–H groups in total. The lowest BCUT2D eigenvalue weighted by Crippen LogP contribution is -2.47. The van der Waals surface area contributed by atoms with Crippen LogP contribution in [0, 0.1) is 0 Å². The standard InChI is InChI=1S/C13H22N4O/c1-3-17-11(10(14)9-15-17)12(18)16-13(2)7-5-4-6-8-13/h9H,3-8,14H2,1-2H3,(H,16,18). The number of aryl methyl sites for hydroxylation is 1. The van der Waals surface area contributed by atoms with Crippen LogP contribution in [0.3, 0.4) is 0 Å². The van der Waals surface area contributed by atoms with Crippen molar-refractivity contribution >= 4 is 11.6 Å². The fraction of sp³-hybridized carbons (Fsp3) is 0.692. The SMILES string of the molecule is CCn1ncc(N)c1C(=O)NC1(C)CCCCC1. The van der Waals surface area contributed by atoms with E-state index in [1.54, 1.807) is 10.9 Å². The number of hydrogen-bond acceptors (Lipinski definition) is 3. The highest BCUT2D eigenvalue weighted by atomic mass is 16.2. The van der Waals surface area contributed by atoms with Gasteiger partial charge in [-0.3, -0.25) is 9.48 Å². The summed E-state index contributed by atoms with van der Waals surface area (Å²) in [5.41, 5.74) is 6.67. The van der Waals surface area contributed by atoms with Crippen molar-refractivity contribution < 1.29 is 4.79 Å². The van der Waals surface area contributed by atoms with Crippen molar-refractivity contribution in [2.24, 2.45) is 0 Å². The van der Waals surface area contributed by atoms with Gasteiger partial charge in [-0.25, -0.2) is 0 Å². The Morgan fingerprint density at radius 1 is 1.50 bits per heavy atom. The van der Waals surface area contributed by atoms with Gasteiger partial charge in [0.05, 0.1) is 11.9 Å². The van der Waals surface area contributed by atoms with Crippen LogP contribution >= 0.6 is 0 Å². The zero-order valence-electron chi connectivity index (χ0n) is 11.2. The van der Waals surface area contributed by atoms with E-state index in [0.717, 1.165) is 12.8 Å². The highest BCUT2D eigenvalue weighted by Crippen LogP contribution is 2.28. The molecule has 1 aliphatic rings. The zero-order chi connectivity index (χ0) is 13.2. The van der Waals surface area contributed by atoms with Gasteiger partial charge >= 0.3 is 0 Å². The minimum absolute atomic E-state index is 0.0926. The molecular weight excluding hydrogens is 228 g/mol. The number of rotatable bonds is 3. The molecule has 0 unspecified atom stereocenters. The van der Waals surface area contributed by atoms with E-state index < -0.39 is 0 Å². The van der Waals surface area contributed by atoms with E-state index in [-0.39, 0.29) is 11.4 Å². The maximum absolute atomic E-state index is 12.3. The summed E-state index contributed by atoms with van der Waals surface area (Å²) in [7, 11) is 0. The van der Waals surface area contributed by atoms with Crippen LogP contribution in [0.1, 0.15) is 56.4 Å². The van der Waals surface area contributed by atoms with E-state index in [1.807, 2.05) is 6.92 Å². The molecule has 1 aromatic rings. The van der Waals surface area contributed by atoms with Crippen molar-refractivity contribution in [2.45, 2.75) is 58.0 Å². The number of amides is 1. The summed E-state index contributed by atoms with van der Waals surface area (Å²) in [5, 5.41) is 7.24. The third-order valence-electron chi connectivity index (χ3n) is 3.75. The lowest BCUT2D eigenvalue weighted by molar-refractivity contribution is 0.0872. The number of carbonyl (C=O) groups is 1. The fourth-order valence-corrected chi connectivity index (χ4v) is 2.68. The first-order chi connectivity index (χ1) is 8.56. The second-order valence-corrected chi connectivity index (χ2v) is 5.34. The van der Waals surface area contributed by atoms with E-state index in [1.165, 1.54) is 19.3 Å². The van der Waals surface area contributed by atoms with Gasteiger partial charge < -0.3 is 11.1 Å². The van der Waals surface area contributed by atoms with E-state index in [2.05, 4.69) is 17.3 Å². The van der Waals surface area contributed by atoms with Crippen LogP contribution in [-0.4, -0.2) is 21.2 Å². The average Bonchev–Trinajstić information content (AvgIpc) is 2.70. The average molecular weight is 250 g/mol. The predicted octanol–water partition coefficient (Wildman–Crippen LogP) is 1.94. The van der Waals surface area contributed by atoms with Gasteiger partial charge in [0.2, 0.25) is 0 Å². The Hall–Kier alpha value is -1.52. The summed E-state index contributed by atoms with van der Waals surface area (Å²) in [6, 6.07) is 0. The number of anilines is 1. The lowest BCUT2D eigenvalue weighted by atomic mass is 9.83. The summed E-state index contributed by atoms with van der Waals surface area (Å²) >= 11 is 0. The molecule has 100 valence electrons. The Kier molecular flexibility index (Phi) is 3.59. The molecule has 2 rings (SSSR count). The molecule has 18 heavy (non-hydrogen) atoms. The van der Waals surface area contributed by atoms with Crippen LogP contribution in [0.4, 0.5) is 5.69 Å². The number of nitrogens with zero attached hydrogens (tertiary/aromatic N) is 2. The van der Waals surface area contributed by atoms with E-state index in [4.69, 9.17) is 5.73 Å². The molecule has 1 heterocycles. The summed E-state index contributed by atoms with van der Waals surface area (Å²) in [4.78, 5) is 12.3. The van der Waals surface area contributed by atoms with Crippen LogP contribution < -0.4 is 11.1 Å². The maximum Gasteiger partial charge on any atom is 0.272 e. The Labute approximate surface area is 108 Å². The summed E-state index contributed by atoms with van der Waals surface area (Å²) in [5.74, 6) is -0.101. The number of aromatic nitrogens is 2. The number of carbonyl (C=O) groups excluding carboxylic acids is 1. The molecular formula is C13H22N4O. The van der Waals surface area contributed by atoms with Crippen molar-refractivity contribution in [3.8, 4) is 0 Å². The highest BCUT2D eigenvalue weighted by Gasteiger charge is 2.30. The molecule has 0 atom stereocenters. The molecule has 0 aliphatic heterocycles. The molecule has 0 aromatic carbocycles. The predicted molar refractivity (Wildman–Crippen MR) is 71.3 cm³/mol. The topological polar surface area (TPSA) is 72.9 Å². The highest BCUT2D eigenvalue weighted by molar-refractivity contribution is 5.97. The third-order valence-corrected chi connectivity index (χ3v) is 3.75. The quantitative estimate of drug-likeness (QED) is 0.861. The molecule has 1 fully saturated rings. The molecule has 0 bridgehead atoms. The van der Waals surface area contributed by atoms with E-state index in [0.29, 0.717) is 17.9 Å². The maximum atomic E-state index is 12.3. The fourth-order valence-electron chi connectivity index (χ4n) is 2.68. The number of hydrogen-bond donors (Lipinski definition) is 2. The van der Waals surface area contributed by atoms with Crippen molar-refractivity contribution in [3.05, 3.63) is 11.9 Å². The Bertz CT molecular complexity index is 432. The Morgan fingerprint density at radius 2 is 2.17 bits per heavy atom. The van der Waals surface area contributed by atoms with Gasteiger partial charge in [-0.2, -0.15) is 5.10 Å². The zero-order valence-corrected chi connectivity index (χ0v) is 11.2. The second-order valence-electron chi connectivity index (χ2n) is 5.34. The molecule has 5 heteroatoms. The smallest absolute Gasteiger partial charge is 0.272 e. The molecule has 1 saturated carbocycles. The Balaban J connectivity index is 2.13. The molecule has 0 radical (unpaired) electrons. The van der Waals surface area contributed by atoms with Crippen LogP contribution in [-0.2, 0) is 6.54 Å². The lowest BCUT2D eigenvalue weighted by Gasteiger charge is -2.34. The van der Waals surface area contributed by atoms with Crippen molar-refractivity contribution in [1.82, 2.24) is 15.1 Å². The molecule has 0 saturated heterocycles. The van der Waals surface area contributed by atoms with Gasteiger partial charge in [-0.15, -0.1) is 0 Å². The van der Waals surface area contributed by atoms with E-state index >= 15 is 0 Å². The first kappa shape index (κ1) is 12.9. The van der Waals surface area contributed by atoms with Crippen molar-refractivity contribution in [1.29, 1.82) is 0 Å². The summed E-state index contributed by atoms with van der Waals surface area (Å²) < 4.78 is 1.65. The first-order valence-electron chi connectivity index (χ1n) is 6.69. The van der Waals surface area contributed by atoms with Crippen LogP contribution in [0.25, 0.3) is 0 Å². The normalized spacial score (nSPS) is 18.6. The van der Waals surface area contributed by atoms with Gasteiger partial charge in [0.1, 0.15) is 5.69 Å². The number of nitrogens with two attached hydrogens (primary N) is 1. The summed E-state index contributed by atoms with van der Waals surface area (Å²) in [6.07, 6.45) is 7.25. The largest absolute Gasteiger partial charge is 0.396 e. The van der Waals surface area contributed by atoms with E-state index in [9.17, 15) is 4.79 Å². The van der Waals surface area contributed by atoms with Gasteiger partial charge in [-0.1, -0.05) is 19.3 Å². The van der Waals surface area contributed by atoms with Gasteiger partial charge in [0.15, 0.2) is 0 Å². The third kappa shape index (κ3) is 2.49.